The van der Waals surface area contributed by atoms with Crippen LogP contribution in [-0.2, 0) is 5.75 Å². The molecular formula is C15H15N3OS. The largest absolute Gasteiger partial charge is 0.360 e. The van der Waals surface area contributed by atoms with Crippen LogP contribution in [0, 0.1) is 13.8 Å². The summed E-state index contributed by atoms with van der Waals surface area (Å²) in [5, 5.41) is 4.84. The fraction of sp³-hybridized carbons (Fsp3) is 0.200. The van der Waals surface area contributed by atoms with Gasteiger partial charge in [-0.2, -0.15) is 0 Å². The fourth-order valence-electron chi connectivity index (χ4n) is 1.99. The lowest BCUT2D eigenvalue weighted by Gasteiger charge is -2.07. The molecule has 0 unspecified atom stereocenters. The van der Waals surface area contributed by atoms with Crippen molar-refractivity contribution in [3.05, 3.63) is 59.7 Å². The van der Waals surface area contributed by atoms with E-state index in [1.54, 1.807) is 11.8 Å². The van der Waals surface area contributed by atoms with E-state index < -0.39 is 0 Å². The predicted octanol–water partition coefficient (Wildman–Crippen LogP) is 3.77. The van der Waals surface area contributed by atoms with E-state index in [1.165, 1.54) is 5.56 Å². The first-order valence-electron chi connectivity index (χ1n) is 6.38. The summed E-state index contributed by atoms with van der Waals surface area (Å²) in [6.07, 6.45) is 3.79. The Labute approximate surface area is 121 Å². The van der Waals surface area contributed by atoms with Gasteiger partial charge in [0.1, 0.15) is 5.76 Å². The summed E-state index contributed by atoms with van der Waals surface area (Å²) in [5.74, 6) is 1.59. The monoisotopic (exact) mass is 285 g/mol. The van der Waals surface area contributed by atoms with Crippen LogP contribution in [0.3, 0.4) is 0 Å². The van der Waals surface area contributed by atoms with E-state index in [4.69, 9.17) is 4.52 Å². The van der Waals surface area contributed by atoms with Crippen molar-refractivity contribution >= 4 is 11.8 Å². The highest BCUT2D eigenvalue weighted by molar-refractivity contribution is 7.98. The summed E-state index contributed by atoms with van der Waals surface area (Å²) in [4.78, 5) is 4.41. The first-order valence-corrected chi connectivity index (χ1v) is 7.36. The molecule has 0 spiro atoms. The molecule has 1 aromatic carbocycles. The maximum Gasteiger partial charge on any atom is 0.173 e. The summed E-state index contributed by atoms with van der Waals surface area (Å²) in [6, 6.07) is 10.3. The Morgan fingerprint density at radius 3 is 2.90 bits per heavy atom. The molecule has 0 aliphatic carbocycles. The maximum atomic E-state index is 5.22. The molecule has 4 nitrogen and oxygen atoms in total. The summed E-state index contributed by atoms with van der Waals surface area (Å²) >= 11 is 1.64. The zero-order valence-electron chi connectivity index (χ0n) is 11.4. The first-order chi connectivity index (χ1) is 9.72. The average molecular weight is 285 g/mol. The molecule has 102 valence electrons. The summed E-state index contributed by atoms with van der Waals surface area (Å²) < 4.78 is 7.30. The van der Waals surface area contributed by atoms with Crippen LogP contribution in [0.4, 0.5) is 0 Å². The Bertz CT molecular complexity index is 717. The van der Waals surface area contributed by atoms with E-state index in [0.29, 0.717) is 0 Å². The van der Waals surface area contributed by atoms with Gasteiger partial charge in [0.2, 0.25) is 0 Å². The van der Waals surface area contributed by atoms with E-state index in [9.17, 15) is 0 Å². The van der Waals surface area contributed by atoms with Crippen molar-refractivity contribution in [2.75, 3.05) is 0 Å². The van der Waals surface area contributed by atoms with Crippen LogP contribution in [0.5, 0.6) is 0 Å². The van der Waals surface area contributed by atoms with E-state index in [0.717, 1.165) is 28.1 Å². The second-order valence-corrected chi connectivity index (χ2v) is 5.58. The number of imidazole rings is 1. The lowest BCUT2D eigenvalue weighted by atomic mass is 10.2. The zero-order valence-corrected chi connectivity index (χ0v) is 12.2. The minimum absolute atomic E-state index is 0.726. The first kappa shape index (κ1) is 13.0. The van der Waals surface area contributed by atoms with Crippen LogP contribution in [0.1, 0.15) is 17.0 Å². The Balaban J connectivity index is 1.80. The van der Waals surface area contributed by atoms with Crippen LogP contribution in [0.2, 0.25) is 0 Å². The number of aromatic nitrogens is 3. The van der Waals surface area contributed by atoms with Gasteiger partial charge in [-0.1, -0.05) is 29.1 Å². The highest BCUT2D eigenvalue weighted by Gasteiger charge is 2.08. The topological polar surface area (TPSA) is 43.9 Å². The van der Waals surface area contributed by atoms with Crippen molar-refractivity contribution < 1.29 is 4.52 Å². The third-order valence-electron chi connectivity index (χ3n) is 2.91. The van der Waals surface area contributed by atoms with E-state index in [1.807, 2.05) is 25.4 Å². The number of thioether (sulfide) groups is 1. The third-order valence-corrected chi connectivity index (χ3v) is 3.90. The Morgan fingerprint density at radius 2 is 2.15 bits per heavy atom. The summed E-state index contributed by atoms with van der Waals surface area (Å²) in [6.45, 7) is 4.01. The second-order valence-electron chi connectivity index (χ2n) is 4.64. The molecule has 0 bridgehead atoms. The zero-order chi connectivity index (χ0) is 13.9. The molecule has 0 fully saturated rings. The standard InChI is InChI=1S/C15H15N3OS/c1-11-4-3-5-13(8-11)18-7-6-16-15(18)20-10-14-9-12(2)17-19-14/h3-9H,10H2,1-2H3. The summed E-state index contributed by atoms with van der Waals surface area (Å²) in [7, 11) is 0. The van der Waals surface area contributed by atoms with Crippen LogP contribution >= 0.6 is 11.8 Å². The number of hydrogen-bond donors (Lipinski definition) is 0. The van der Waals surface area contributed by atoms with Gasteiger partial charge < -0.3 is 4.52 Å². The van der Waals surface area contributed by atoms with Gasteiger partial charge >= 0.3 is 0 Å². The number of nitrogens with zero attached hydrogens (tertiary/aromatic N) is 3. The van der Waals surface area contributed by atoms with Crippen molar-refractivity contribution in [2.45, 2.75) is 24.8 Å². The van der Waals surface area contributed by atoms with Gasteiger partial charge in [-0.25, -0.2) is 4.98 Å². The molecule has 20 heavy (non-hydrogen) atoms. The SMILES string of the molecule is Cc1cccc(-n2ccnc2SCc2cc(C)no2)c1. The van der Waals surface area contributed by atoms with Crippen LogP contribution in [0.25, 0.3) is 5.69 Å². The highest BCUT2D eigenvalue weighted by atomic mass is 32.2. The quantitative estimate of drug-likeness (QED) is 0.684. The smallest absolute Gasteiger partial charge is 0.173 e. The molecule has 0 amide bonds. The van der Waals surface area contributed by atoms with Crippen molar-refractivity contribution in [1.29, 1.82) is 0 Å². The van der Waals surface area contributed by atoms with Gasteiger partial charge in [-0.3, -0.25) is 4.57 Å². The molecule has 2 aromatic heterocycles. The molecule has 0 aliphatic heterocycles. The lowest BCUT2D eigenvalue weighted by molar-refractivity contribution is 0.391. The molecule has 2 heterocycles. The number of rotatable bonds is 4. The molecule has 0 N–H and O–H groups in total. The molecule has 0 atom stereocenters. The van der Waals surface area contributed by atoms with Gasteiger partial charge in [0.15, 0.2) is 5.16 Å². The van der Waals surface area contributed by atoms with Crippen LogP contribution < -0.4 is 0 Å². The van der Waals surface area contributed by atoms with Gasteiger partial charge in [-0.15, -0.1) is 0 Å². The fourth-order valence-corrected chi connectivity index (χ4v) is 2.84. The molecule has 0 saturated carbocycles. The van der Waals surface area contributed by atoms with Crippen LogP contribution in [0.15, 0.2) is 52.4 Å². The molecule has 0 saturated heterocycles. The third kappa shape index (κ3) is 2.77. The van der Waals surface area contributed by atoms with Crippen molar-refractivity contribution in [2.24, 2.45) is 0 Å². The molecular weight excluding hydrogens is 270 g/mol. The minimum Gasteiger partial charge on any atom is -0.360 e. The predicted molar refractivity (Wildman–Crippen MR) is 79.1 cm³/mol. The number of hydrogen-bond acceptors (Lipinski definition) is 4. The molecule has 0 radical (unpaired) electrons. The van der Waals surface area contributed by atoms with Crippen molar-refractivity contribution in [3.8, 4) is 5.69 Å². The van der Waals surface area contributed by atoms with Gasteiger partial charge in [0, 0.05) is 24.1 Å². The molecule has 0 aliphatic rings. The number of benzene rings is 1. The van der Waals surface area contributed by atoms with E-state index in [2.05, 4.69) is 45.9 Å². The second kappa shape index (κ2) is 5.54. The Kier molecular flexibility index (Phi) is 3.60. The maximum absolute atomic E-state index is 5.22. The Hall–Kier alpha value is -2.01. The van der Waals surface area contributed by atoms with Gasteiger partial charge in [0.25, 0.3) is 0 Å². The molecule has 3 rings (SSSR count). The highest BCUT2D eigenvalue weighted by Crippen LogP contribution is 2.24. The van der Waals surface area contributed by atoms with Gasteiger partial charge in [-0.05, 0) is 31.5 Å². The average Bonchev–Trinajstić information content (AvgIpc) is 3.05. The van der Waals surface area contributed by atoms with E-state index in [-0.39, 0.29) is 0 Å². The lowest BCUT2D eigenvalue weighted by Crippen LogP contribution is -1.95. The number of aryl methyl sites for hydroxylation is 2. The Morgan fingerprint density at radius 1 is 1.25 bits per heavy atom. The molecule has 3 aromatic rings. The van der Waals surface area contributed by atoms with Gasteiger partial charge in [0.05, 0.1) is 11.4 Å². The van der Waals surface area contributed by atoms with Crippen molar-refractivity contribution in [1.82, 2.24) is 14.7 Å². The van der Waals surface area contributed by atoms with E-state index >= 15 is 0 Å². The minimum atomic E-state index is 0.726. The van der Waals surface area contributed by atoms with Crippen molar-refractivity contribution in [3.63, 3.8) is 0 Å². The normalized spacial score (nSPS) is 10.9. The summed E-state index contributed by atoms with van der Waals surface area (Å²) in [5.41, 5.74) is 3.26. The molecule has 5 heteroatoms. The van der Waals surface area contributed by atoms with Crippen LogP contribution in [-0.4, -0.2) is 14.7 Å².